The van der Waals surface area contributed by atoms with Crippen LogP contribution >= 0.6 is 0 Å². The first-order valence-corrected chi connectivity index (χ1v) is 11.8. The minimum atomic E-state index is 0.197. The van der Waals surface area contributed by atoms with Crippen molar-refractivity contribution in [2.45, 2.75) is 52.6 Å². The van der Waals surface area contributed by atoms with Crippen LogP contribution in [0.25, 0.3) is 11.0 Å². The predicted molar refractivity (Wildman–Crippen MR) is 121 cm³/mol. The average molecular weight is 412 g/mol. The fourth-order valence-corrected chi connectivity index (χ4v) is 5.09. The highest BCUT2D eigenvalue weighted by Gasteiger charge is 2.30. The molecule has 2 aliphatic rings. The molecule has 0 unspecified atom stereocenters. The second-order valence-corrected chi connectivity index (χ2v) is 9.20. The molecule has 1 amide bonds. The molecule has 2 aromatic rings. The van der Waals surface area contributed by atoms with E-state index in [1.807, 2.05) is 0 Å². The molecule has 2 saturated heterocycles. The van der Waals surface area contributed by atoms with Crippen molar-refractivity contribution in [3.63, 3.8) is 0 Å². The molecular formula is C24H37N5O. The van der Waals surface area contributed by atoms with Gasteiger partial charge in [0.1, 0.15) is 5.82 Å². The Bertz CT molecular complexity index is 844. The minimum absolute atomic E-state index is 0.197. The minimum Gasteiger partial charge on any atom is -0.340 e. The van der Waals surface area contributed by atoms with Crippen LogP contribution in [0.15, 0.2) is 24.3 Å². The molecule has 1 aromatic heterocycles. The van der Waals surface area contributed by atoms with Crippen molar-refractivity contribution in [1.82, 2.24) is 24.3 Å². The molecule has 6 heteroatoms. The van der Waals surface area contributed by atoms with Crippen molar-refractivity contribution >= 4 is 16.9 Å². The van der Waals surface area contributed by atoms with Crippen molar-refractivity contribution in [1.29, 1.82) is 0 Å². The van der Waals surface area contributed by atoms with E-state index in [0.717, 1.165) is 76.5 Å². The van der Waals surface area contributed by atoms with E-state index in [9.17, 15) is 4.79 Å². The summed E-state index contributed by atoms with van der Waals surface area (Å²) >= 11 is 0. The Morgan fingerprint density at radius 2 is 1.73 bits per heavy atom. The Morgan fingerprint density at radius 3 is 2.40 bits per heavy atom. The van der Waals surface area contributed by atoms with Crippen molar-refractivity contribution in [3.05, 3.63) is 30.1 Å². The molecular weight excluding hydrogens is 374 g/mol. The number of benzene rings is 1. The molecule has 3 heterocycles. The van der Waals surface area contributed by atoms with Crippen molar-refractivity contribution in [2.24, 2.45) is 5.92 Å². The molecule has 0 spiro atoms. The SMILES string of the molecule is CCCN1CCN(C(=O)C2CCN(Cc3nc4ccccc4n3C(C)C)CC2)CC1. The lowest BCUT2D eigenvalue weighted by Gasteiger charge is -2.38. The Labute approximate surface area is 180 Å². The molecule has 4 rings (SSSR count). The molecule has 0 radical (unpaired) electrons. The van der Waals surface area contributed by atoms with Crippen LogP contribution in [-0.2, 0) is 11.3 Å². The van der Waals surface area contributed by atoms with Crippen LogP contribution in [0.3, 0.4) is 0 Å². The van der Waals surface area contributed by atoms with E-state index in [2.05, 4.69) is 64.3 Å². The molecule has 0 N–H and O–H groups in total. The van der Waals surface area contributed by atoms with Gasteiger partial charge in [-0.2, -0.15) is 0 Å². The number of para-hydroxylation sites is 2. The van der Waals surface area contributed by atoms with Gasteiger partial charge in [0.2, 0.25) is 5.91 Å². The molecule has 0 aliphatic carbocycles. The van der Waals surface area contributed by atoms with Gasteiger partial charge in [0.15, 0.2) is 0 Å². The van der Waals surface area contributed by atoms with Gasteiger partial charge < -0.3 is 9.47 Å². The van der Waals surface area contributed by atoms with Gasteiger partial charge in [-0.1, -0.05) is 19.1 Å². The number of carbonyl (C=O) groups is 1. The Balaban J connectivity index is 1.33. The Hall–Kier alpha value is -1.92. The second-order valence-electron chi connectivity index (χ2n) is 9.20. The maximum Gasteiger partial charge on any atom is 0.225 e. The Kier molecular flexibility index (Phi) is 6.74. The fourth-order valence-electron chi connectivity index (χ4n) is 5.09. The number of carbonyl (C=O) groups excluding carboxylic acids is 1. The number of likely N-dealkylation sites (tertiary alicyclic amines) is 1. The normalized spacial score (nSPS) is 19.8. The summed E-state index contributed by atoms with van der Waals surface area (Å²) in [6.07, 6.45) is 3.13. The van der Waals surface area contributed by atoms with Crippen LogP contribution in [0, 0.1) is 5.92 Å². The molecule has 2 fully saturated rings. The van der Waals surface area contributed by atoms with Gasteiger partial charge in [-0.05, 0) is 64.9 Å². The number of piperazine rings is 1. The quantitative estimate of drug-likeness (QED) is 0.731. The third kappa shape index (κ3) is 4.54. The van der Waals surface area contributed by atoms with Crippen molar-refractivity contribution in [2.75, 3.05) is 45.8 Å². The molecule has 30 heavy (non-hydrogen) atoms. The first-order chi connectivity index (χ1) is 14.6. The van der Waals surface area contributed by atoms with Gasteiger partial charge in [0.25, 0.3) is 0 Å². The largest absolute Gasteiger partial charge is 0.340 e. The first-order valence-electron chi connectivity index (χ1n) is 11.8. The maximum absolute atomic E-state index is 13.0. The molecule has 164 valence electrons. The number of amides is 1. The summed E-state index contributed by atoms with van der Waals surface area (Å²) in [7, 11) is 0. The lowest BCUT2D eigenvalue weighted by atomic mass is 9.95. The number of hydrogen-bond acceptors (Lipinski definition) is 4. The summed E-state index contributed by atoms with van der Waals surface area (Å²) in [5, 5.41) is 0. The van der Waals surface area contributed by atoms with E-state index in [0.29, 0.717) is 11.9 Å². The monoisotopic (exact) mass is 411 g/mol. The number of nitrogens with zero attached hydrogens (tertiary/aromatic N) is 5. The van der Waals surface area contributed by atoms with Crippen LogP contribution in [0.2, 0.25) is 0 Å². The first kappa shape index (κ1) is 21.3. The highest BCUT2D eigenvalue weighted by Crippen LogP contribution is 2.25. The van der Waals surface area contributed by atoms with E-state index in [1.54, 1.807) is 0 Å². The van der Waals surface area contributed by atoms with E-state index >= 15 is 0 Å². The van der Waals surface area contributed by atoms with E-state index in [-0.39, 0.29) is 5.92 Å². The number of imidazole rings is 1. The zero-order valence-corrected chi connectivity index (χ0v) is 18.9. The molecule has 0 atom stereocenters. The highest BCUT2D eigenvalue weighted by molar-refractivity contribution is 5.79. The highest BCUT2D eigenvalue weighted by atomic mass is 16.2. The summed E-state index contributed by atoms with van der Waals surface area (Å²) in [5.41, 5.74) is 2.29. The van der Waals surface area contributed by atoms with E-state index < -0.39 is 0 Å². The van der Waals surface area contributed by atoms with Crippen molar-refractivity contribution in [3.8, 4) is 0 Å². The number of fused-ring (bicyclic) bond motifs is 1. The van der Waals surface area contributed by atoms with Crippen LogP contribution < -0.4 is 0 Å². The predicted octanol–water partition coefficient (Wildman–Crippen LogP) is 3.38. The smallest absolute Gasteiger partial charge is 0.225 e. The number of aromatic nitrogens is 2. The molecule has 2 aliphatic heterocycles. The van der Waals surface area contributed by atoms with Crippen molar-refractivity contribution < 1.29 is 4.79 Å². The van der Waals surface area contributed by atoms with Gasteiger partial charge in [-0.15, -0.1) is 0 Å². The Morgan fingerprint density at radius 1 is 1.03 bits per heavy atom. The van der Waals surface area contributed by atoms with Crippen LogP contribution in [0.4, 0.5) is 0 Å². The fraction of sp³-hybridized carbons (Fsp3) is 0.667. The second kappa shape index (κ2) is 9.48. The zero-order valence-electron chi connectivity index (χ0n) is 18.9. The van der Waals surface area contributed by atoms with Crippen LogP contribution in [-0.4, -0.2) is 76.0 Å². The lowest BCUT2D eigenvalue weighted by Crippen LogP contribution is -2.51. The van der Waals surface area contributed by atoms with Gasteiger partial charge in [0.05, 0.1) is 17.6 Å². The average Bonchev–Trinajstić information content (AvgIpc) is 3.12. The van der Waals surface area contributed by atoms with Gasteiger partial charge in [-0.3, -0.25) is 14.6 Å². The third-order valence-electron chi connectivity index (χ3n) is 6.71. The van der Waals surface area contributed by atoms with Gasteiger partial charge >= 0.3 is 0 Å². The standard InChI is InChI=1S/C24H37N5O/c1-4-11-26-14-16-28(17-15-26)24(30)20-9-12-27(13-10-20)18-23-25-21-7-5-6-8-22(21)29(23)19(2)3/h5-8,19-20H,4,9-18H2,1-3H3. The summed E-state index contributed by atoms with van der Waals surface area (Å²) < 4.78 is 2.36. The summed E-state index contributed by atoms with van der Waals surface area (Å²) in [6, 6.07) is 8.80. The molecule has 0 bridgehead atoms. The zero-order chi connectivity index (χ0) is 21.1. The molecule has 6 nitrogen and oxygen atoms in total. The summed E-state index contributed by atoms with van der Waals surface area (Å²) in [5.74, 6) is 1.73. The van der Waals surface area contributed by atoms with Crippen LogP contribution in [0.1, 0.15) is 51.9 Å². The van der Waals surface area contributed by atoms with Gasteiger partial charge in [-0.25, -0.2) is 4.98 Å². The van der Waals surface area contributed by atoms with Crippen LogP contribution in [0.5, 0.6) is 0 Å². The summed E-state index contributed by atoms with van der Waals surface area (Å²) in [4.78, 5) is 25.0. The lowest BCUT2D eigenvalue weighted by molar-refractivity contribution is -0.138. The maximum atomic E-state index is 13.0. The third-order valence-corrected chi connectivity index (χ3v) is 6.71. The number of hydrogen-bond donors (Lipinski definition) is 0. The van der Waals surface area contributed by atoms with Gasteiger partial charge in [0, 0.05) is 38.1 Å². The van der Waals surface area contributed by atoms with E-state index in [4.69, 9.17) is 4.98 Å². The molecule has 0 saturated carbocycles. The topological polar surface area (TPSA) is 44.6 Å². The molecule has 1 aromatic carbocycles. The number of piperidine rings is 1. The number of rotatable bonds is 6. The summed E-state index contributed by atoms with van der Waals surface area (Å²) in [6.45, 7) is 14.5. The van der Waals surface area contributed by atoms with E-state index in [1.165, 1.54) is 11.9 Å².